The van der Waals surface area contributed by atoms with Gasteiger partial charge in [-0.15, -0.1) is 0 Å². The molecule has 0 radical (unpaired) electrons. The SMILES string of the molecule is CCOC(=O)c1ccc(N/N=C/c2cc(OC)c(O)cc2Br)c(I)c1. The van der Waals surface area contributed by atoms with Crippen LogP contribution < -0.4 is 10.2 Å². The number of ether oxygens (including phenoxy) is 2. The molecule has 0 aromatic heterocycles. The van der Waals surface area contributed by atoms with Crippen molar-refractivity contribution in [2.75, 3.05) is 19.1 Å². The molecule has 25 heavy (non-hydrogen) atoms. The molecule has 132 valence electrons. The number of hydrogen-bond donors (Lipinski definition) is 2. The largest absolute Gasteiger partial charge is 0.504 e. The smallest absolute Gasteiger partial charge is 0.338 e. The zero-order chi connectivity index (χ0) is 18.4. The Bertz CT molecular complexity index is 811. The molecule has 0 saturated heterocycles. The third kappa shape index (κ3) is 5.08. The molecule has 2 rings (SSSR count). The quantitative estimate of drug-likeness (QED) is 0.256. The zero-order valence-electron chi connectivity index (χ0n) is 13.5. The number of carbonyl (C=O) groups excluding carboxylic acids is 1. The Morgan fingerprint density at radius 2 is 2.16 bits per heavy atom. The van der Waals surface area contributed by atoms with E-state index >= 15 is 0 Å². The Kier molecular flexibility index (Phi) is 7.06. The summed E-state index contributed by atoms with van der Waals surface area (Å²) in [5, 5.41) is 13.9. The predicted molar refractivity (Wildman–Crippen MR) is 109 cm³/mol. The fraction of sp³-hybridized carbons (Fsp3) is 0.176. The van der Waals surface area contributed by atoms with Gasteiger partial charge in [0.2, 0.25) is 0 Å². The molecule has 0 bridgehead atoms. The average Bonchev–Trinajstić information content (AvgIpc) is 2.58. The summed E-state index contributed by atoms with van der Waals surface area (Å²) in [6.45, 7) is 2.11. The first kappa shape index (κ1) is 19.5. The first-order valence-corrected chi connectivity index (χ1v) is 9.15. The Morgan fingerprint density at radius 3 is 2.80 bits per heavy atom. The van der Waals surface area contributed by atoms with E-state index in [4.69, 9.17) is 9.47 Å². The van der Waals surface area contributed by atoms with Crippen LogP contribution in [0.5, 0.6) is 11.5 Å². The van der Waals surface area contributed by atoms with E-state index in [2.05, 4.69) is 49.0 Å². The van der Waals surface area contributed by atoms with Crippen LogP contribution in [0.4, 0.5) is 5.69 Å². The molecule has 2 aromatic rings. The number of aromatic hydroxyl groups is 1. The number of phenolic OH excluding ortho intramolecular Hbond substituents is 1. The number of hydrazone groups is 1. The maximum absolute atomic E-state index is 11.7. The van der Waals surface area contributed by atoms with Crippen LogP contribution in [-0.2, 0) is 4.74 Å². The van der Waals surface area contributed by atoms with Crippen molar-refractivity contribution < 1.29 is 19.4 Å². The highest BCUT2D eigenvalue weighted by atomic mass is 127. The third-order valence-corrected chi connectivity index (χ3v) is 4.75. The lowest BCUT2D eigenvalue weighted by Gasteiger charge is -2.08. The van der Waals surface area contributed by atoms with Gasteiger partial charge in [0.25, 0.3) is 0 Å². The van der Waals surface area contributed by atoms with Crippen LogP contribution >= 0.6 is 38.5 Å². The van der Waals surface area contributed by atoms with Crippen LogP contribution in [-0.4, -0.2) is 31.0 Å². The van der Waals surface area contributed by atoms with Gasteiger partial charge >= 0.3 is 5.97 Å². The Hall–Kier alpha value is -1.81. The monoisotopic (exact) mass is 518 g/mol. The fourth-order valence-electron chi connectivity index (χ4n) is 1.94. The molecule has 0 amide bonds. The number of nitrogens with zero attached hydrogens (tertiary/aromatic N) is 1. The normalized spacial score (nSPS) is 10.7. The summed E-state index contributed by atoms with van der Waals surface area (Å²) in [7, 11) is 1.48. The van der Waals surface area contributed by atoms with Crippen molar-refractivity contribution in [2.45, 2.75) is 6.92 Å². The Labute approximate surface area is 167 Å². The van der Waals surface area contributed by atoms with Gasteiger partial charge in [-0.25, -0.2) is 4.79 Å². The molecule has 0 aliphatic heterocycles. The van der Waals surface area contributed by atoms with Crippen LogP contribution in [0.3, 0.4) is 0 Å². The molecule has 2 aromatic carbocycles. The molecule has 0 unspecified atom stereocenters. The lowest BCUT2D eigenvalue weighted by molar-refractivity contribution is 0.0526. The Morgan fingerprint density at radius 1 is 1.40 bits per heavy atom. The molecule has 0 saturated carbocycles. The minimum absolute atomic E-state index is 0.0450. The van der Waals surface area contributed by atoms with Gasteiger partial charge in [0, 0.05) is 13.6 Å². The molecule has 6 nitrogen and oxygen atoms in total. The highest BCUT2D eigenvalue weighted by Gasteiger charge is 2.09. The molecule has 2 N–H and O–H groups in total. The second-order valence-electron chi connectivity index (χ2n) is 4.83. The maximum atomic E-state index is 11.7. The van der Waals surface area contributed by atoms with Crippen molar-refractivity contribution >= 4 is 56.4 Å². The summed E-state index contributed by atoms with van der Waals surface area (Å²) in [6.07, 6.45) is 1.60. The Balaban J connectivity index is 2.13. The van der Waals surface area contributed by atoms with Crippen molar-refractivity contribution in [3.63, 3.8) is 0 Å². The van der Waals surface area contributed by atoms with Gasteiger partial charge in [-0.2, -0.15) is 5.10 Å². The summed E-state index contributed by atoms with van der Waals surface area (Å²) in [6, 6.07) is 8.38. The fourth-order valence-corrected chi connectivity index (χ4v) is 3.01. The van der Waals surface area contributed by atoms with E-state index in [1.165, 1.54) is 13.2 Å². The van der Waals surface area contributed by atoms with E-state index in [9.17, 15) is 9.90 Å². The van der Waals surface area contributed by atoms with Crippen molar-refractivity contribution in [3.05, 3.63) is 49.5 Å². The van der Waals surface area contributed by atoms with Gasteiger partial charge in [-0.3, -0.25) is 5.43 Å². The second-order valence-corrected chi connectivity index (χ2v) is 6.85. The van der Waals surface area contributed by atoms with Crippen molar-refractivity contribution in [1.82, 2.24) is 0 Å². The number of nitrogens with one attached hydrogen (secondary N) is 1. The number of carbonyl (C=O) groups is 1. The standard InChI is InChI=1S/C17H16BrIN2O4/c1-3-25-17(23)10-4-5-14(13(19)6-10)21-20-9-11-7-16(24-2)15(22)8-12(11)18/h4-9,21-22H,3H2,1-2H3/b20-9+. The topological polar surface area (TPSA) is 80.2 Å². The summed E-state index contributed by atoms with van der Waals surface area (Å²) >= 11 is 5.48. The molecule has 0 fully saturated rings. The number of rotatable bonds is 6. The number of anilines is 1. The third-order valence-electron chi connectivity index (χ3n) is 3.17. The lowest BCUT2D eigenvalue weighted by atomic mass is 10.2. The minimum atomic E-state index is -0.351. The van der Waals surface area contributed by atoms with Crippen molar-refractivity contribution in [3.8, 4) is 11.5 Å². The van der Waals surface area contributed by atoms with E-state index < -0.39 is 0 Å². The first-order chi connectivity index (χ1) is 12.0. The van der Waals surface area contributed by atoms with Crippen LogP contribution in [0.15, 0.2) is 39.9 Å². The highest BCUT2D eigenvalue weighted by molar-refractivity contribution is 14.1. The van der Waals surface area contributed by atoms with Crippen LogP contribution in [0.1, 0.15) is 22.8 Å². The lowest BCUT2D eigenvalue weighted by Crippen LogP contribution is -2.05. The molecule has 0 aliphatic rings. The molecular weight excluding hydrogens is 503 g/mol. The highest BCUT2D eigenvalue weighted by Crippen LogP contribution is 2.31. The van der Waals surface area contributed by atoms with E-state index in [-0.39, 0.29) is 11.7 Å². The summed E-state index contributed by atoms with van der Waals surface area (Å²) in [5.74, 6) is 0.0530. The van der Waals surface area contributed by atoms with Crippen LogP contribution in [0.2, 0.25) is 0 Å². The summed E-state index contributed by atoms with van der Waals surface area (Å²) in [4.78, 5) is 11.7. The minimum Gasteiger partial charge on any atom is -0.504 e. The van der Waals surface area contributed by atoms with Crippen LogP contribution in [0, 0.1) is 3.57 Å². The van der Waals surface area contributed by atoms with Gasteiger partial charge < -0.3 is 14.6 Å². The molecule has 8 heteroatoms. The van der Waals surface area contributed by atoms with E-state index in [0.717, 1.165) is 14.8 Å². The van der Waals surface area contributed by atoms with Crippen molar-refractivity contribution in [1.29, 1.82) is 0 Å². The zero-order valence-corrected chi connectivity index (χ0v) is 17.3. The summed E-state index contributed by atoms with van der Waals surface area (Å²) < 4.78 is 11.6. The number of phenols is 1. The van der Waals surface area contributed by atoms with Crippen molar-refractivity contribution in [2.24, 2.45) is 5.10 Å². The maximum Gasteiger partial charge on any atom is 0.338 e. The number of halogens is 2. The number of methoxy groups -OCH3 is 1. The average molecular weight is 519 g/mol. The van der Waals surface area contributed by atoms with E-state index in [1.54, 1.807) is 37.4 Å². The van der Waals surface area contributed by atoms with E-state index in [1.807, 2.05) is 0 Å². The number of esters is 1. The van der Waals surface area contributed by atoms with Crippen LogP contribution in [0.25, 0.3) is 0 Å². The molecule has 0 spiro atoms. The summed E-state index contributed by atoms with van der Waals surface area (Å²) in [5.41, 5.74) is 4.91. The molecular formula is C17H16BrIN2O4. The van der Waals surface area contributed by atoms with Gasteiger partial charge in [-0.1, -0.05) is 0 Å². The first-order valence-electron chi connectivity index (χ1n) is 7.28. The molecule has 0 aliphatic carbocycles. The number of hydrogen-bond acceptors (Lipinski definition) is 6. The number of benzene rings is 2. The predicted octanol–water partition coefficient (Wildman–Crippen LogP) is 4.39. The molecule has 0 atom stereocenters. The van der Waals surface area contributed by atoms with Gasteiger partial charge in [0.05, 0.1) is 31.2 Å². The van der Waals surface area contributed by atoms with Gasteiger partial charge in [0.15, 0.2) is 11.5 Å². The molecule has 0 heterocycles. The van der Waals surface area contributed by atoms with Gasteiger partial charge in [-0.05, 0) is 75.8 Å². The van der Waals surface area contributed by atoms with Gasteiger partial charge in [0.1, 0.15) is 0 Å². The second kappa shape index (κ2) is 9.04. The van der Waals surface area contributed by atoms with E-state index in [0.29, 0.717) is 22.4 Å².